The highest BCUT2D eigenvalue weighted by atomic mass is 16.5. The lowest BCUT2D eigenvalue weighted by Crippen LogP contribution is -2.42. The maximum atomic E-state index is 15.5. The van der Waals surface area contributed by atoms with Gasteiger partial charge in [-0.3, -0.25) is 9.59 Å². The van der Waals surface area contributed by atoms with Crippen LogP contribution in [-0.2, 0) is 31.2 Å². The van der Waals surface area contributed by atoms with E-state index >= 15 is 4.79 Å². The monoisotopic (exact) mass is 905 g/mol. The number of nitrogens with one attached hydrogen (secondary N) is 1. The summed E-state index contributed by atoms with van der Waals surface area (Å²) in [6.45, 7) is 0.553. The number of esters is 1. The molecule has 1 fully saturated rings. The van der Waals surface area contributed by atoms with Crippen molar-refractivity contribution in [3.05, 3.63) is 227 Å². The molecule has 68 heavy (non-hydrogen) atoms. The number of hydrogen-bond acceptors (Lipinski definition) is 11. The summed E-state index contributed by atoms with van der Waals surface area (Å²) in [4.78, 5) is 45.1. The van der Waals surface area contributed by atoms with Crippen molar-refractivity contribution in [2.45, 2.75) is 57.8 Å². The molecule has 13 nitrogen and oxygen atoms in total. The van der Waals surface area contributed by atoms with Gasteiger partial charge < -0.3 is 29.0 Å². The second-order valence-electron chi connectivity index (χ2n) is 16.1. The van der Waals surface area contributed by atoms with E-state index in [0.717, 1.165) is 22.3 Å². The van der Waals surface area contributed by atoms with E-state index < -0.39 is 23.9 Å². The number of para-hydroxylation sites is 1. The van der Waals surface area contributed by atoms with Crippen LogP contribution in [0.15, 0.2) is 182 Å². The van der Waals surface area contributed by atoms with Gasteiger partial charge in [0.05, 0.1) is 22.7 Å². The van der Waals surface area contributed by atoms with Gasteiger partial charge in [-0.25, -0.2) is 4.79 Å². The predicted molar refractivity (Wildman–Crippen MR) is 253 cm³/mol. The first kappa shape index (κ1) is 44.6. The number of rotatable bonds is 19. The maximum absolute atomic E-state index is 15.5. The highest BCUT2D eigenvalue weighted by Crippen LogP contribution is 2.39. The molecule has 340 valence electrons. The van der Waals surface area contributed by atoms with E-state index in [2.05, 4.69) is 20.7 Å². The highest BCUT2D eigenvalue weighted by Gasteiger charge is 2.35. The fourth-order valence-corrected chi connectivity index (χ4v) is 8.00. The first-order valence-corrected chi connectivity index (χ1v) is 22.3. The molecule has 0 aliphatic heterocycles. The Morgan fingerprint density at radius 2 is 1.04 bits per heavy atom. The van der Waals surface area contributed by atoms with Gasteiger partial charge in [0.25, 0.3) is 5.91 Å². The molecule has 0 radical (unpaired) electrons. The lowest BCUT2D eigenvalue weighted by molar-refractivity contribution is 0.0249. The SMILES string of the molecule is O=C(O[C@@H]1CCC[C@H]1NC(=O)c1ccccc1OCc1ccccc1)c1cc(OCc2ccccc2)c(C(=O)c2c(OCc3ccccc3)cccc2-n2ncnn2)c(OCc2ccccc2)c1. The van der Waals surface area contributed by atoms with Crippen molar-refractivity contribution in [2.24, 2.45) is 0 Å². The van der Waals surface area contributed by atoms with Crippen LogP contribution in [0.3, 0.4) is 0 Å². The zero-order valence-corrected chi connectivity index (χ0v) is 37.0. The Labute approximate surface area is 393 Å². The first-order chi connectivity index (χ1) is 33.5. The second-order valence-corrected chi connectivity index (χ2v) is 16.1. The number of carbonyl (C=O) groups is 3. The van der Waals surface area contributed by atoms with E-state index in [4.69, 9.17) is 23.7 Å². The van der Waals surface area contributed by atoms with Crippen LogP contribution in [0.4, 0.5) is 0 Å². The molecule has 1 N–H and O–H groups in total. The van der Waals surface area contributed by atoms with Crippen LogP contribution in [0, 0.1) is 0 Å². The molecule has 1 heterocycles. The van der Waals surface area contributed by atoms with Gasteiger partial charge in [-0.1, -0.05) is 140 Å². The largest absolute Gasteiger partial charge is 0.488 e. The molecule has 8 aromatic rings. The lowest BCUT2D eigenvalue weighted by atomic mass is 9.97. The molecule has 1 amide bonds. The Morgan fingerprint density at radius 3 is 1.59 bits per heavy atom. The third kappa shape index (κ3) is 10.9. The van der Waals surface area contributed by atoms with Crippen molar-refractivity contribution in [3.8, 4) is 28.7 Å². The molecule has 0 bridgehead atoms. The van der Waals surface area contributed by atoms with Crippen LogP contribution in [0.5, 0.6) is 23.0 Å². The van der Waals surface area contributed by atoms with Crippen molar-refractivity contribution in [2.75, 3.05) is 0 Å². The zero-order chi connectivity index (χ0) is 46.5. The Balaban J connectivity index is 1.05. The maximum Gasteiger partial charge on any atom is 0.338 e. The molecule has 0 unspecified atom stereocenters. The zero-order valence-electron chi connectivity index (χ0n) is 37.0. The van der Waals surface area contributed by atoms with Crippen LogP contribution in [-0.4, -0.2) is 50.0 Å². The summed E-state index contributed by atoms with van der Waals surface area (Å²) >= 11 is 0. The molecule has 1 aromatic heterocycles. The van der Waals surface area contributed by atoms with E-state index in [9.17, 15) is 9.59 Å². The van der Waals surface area contributed by atoms with E-state index in [-0.39, 0.29) is 59.7 Å². The van der Waals surface area contributed by atoms with Crippen molar-refractivity contribution in [1.29, 1.82) is 0 Å². The van der Waals surface area contributed by atoms with Gasteiger partial charge in [0.1, 0.15) is 66.8 Å². The van der Waals surface area contributed by atoms with Crippen LogP contribution in [0.1, 0.15) is 78.2 Å². The minimum atomic E-state index is -0.685. The van der Waals surface area contributed by atoms with Gasteiger partial charge in [-0.2, -0.15) is 0 Å². The molecule has 0 spiro atoms. The first-order valence-electron chi connectivity index (χ1n) is 22.3. The van der Waals surface area contributed by atoms with Crippen LogP contribution < -0.4 is 24.3 Å². The Kier molecular flexibility index (Phi) is 14.2. The fourth-order valence-electron chi connectivity index (χ4n) is 8.00. The van der Waals surface area contributed by atoms with E-state index in [1.165, 1.54) is 23.3 Å². The number of hydrogen-bond donors (Lipinski definition) is 1. The van der Waals surface area contributed by atoms with Gasteiger partial charge in [-0.05, 0) is 83.1 Å². The van der Waals surface area contributed by atoms with Crippen molar-refractivity contribution in [1.82, 2.24) is 25.5 Å². The number of ketones is 1. The number of carbonyl (C=O) groups excluding carboxylic acids is 3. The summed E-state index contributed by atoms with van der Waals surface area (Å²) < 4.78 is 31.8. The third-order valence-electron chi connectivity index (χ3n) is 11.4. The van der Waals surface area contributed by atoms with Gasteiger partial charge in [0, 0.05) is 0 Å². The molecule has 13 heteroatoms. The summed E-state index contributed by atoms with van der Waals surface area (Å²) in [6, 6.07) is 53.0. The number of amides is 1. The van der Waals surface area contributed by atoms with Gasteiger partial charge in [-0.15, -0.1) is 15.0 Å². The lowest BCUT2D eigenvalue weighted by Gasteiger charge is -2.23. The van der Waals surface area contributed by atoms with Crippen LogP contribution in [0.2, 0.25) is 0 Å². The fraction of sp³-hybridized carbons (Fsp3) is 0.164. The van der Waals surface area contributed by atoms with Gasteiger partial charge >= 0.3 is 5.97 Å². The highest BCUT2D eigenvalue weighted by molar-refractivity contribution is 6.16. The van der Waals surface area contributed by atoms with Crippen LogP contribution >= 0.6 is 0 Å². The summed E-state index contributed by atoms with van der Waals surface area (Å²) in [6.07, 6.45) is 2.45. The molecule has 2 atom stereocenters. The topological polar surface area (TPSA) is 153 Å². The summed E-state index contributed by atoms with van der Waals surface area (Å²) in [5, 5.41) is 15.4. The molecule has 7 aromatic carbocycles. The van der Waals surface area contributed by atoms with E-state index in [1.807, 2.05) is 127 Å². The second kappa shape index (κ2) is 21.6. The summed E-state index contributed by atoms with van der Waals surface area (Å²) in [7, 11) is 0. The minimum absolute atomic E-state index is 0.0321. The molecule has 0 saturated heterocycles. The van der Waals surface area contributed by atoms with Crippen molar-refractivity contribution < 1.29 is 38.1 Å². The third-order valence-corrected chi connectivity index (χ3v) is 11.4. The smallest absolute Gasteiger partial charge is 0.338 e. The number of aromatic nitrogens is 4. The summed E-state index contributed by atoms with van der Waals surface area (Å²) in [5.41, 5.74) is 4.39. The quantitative estimate of drug-likeness (QED) is 0.0610. The molecular formula is C55H47N5O8. The minimum Gasteiger partial charge on any atom is -0.488 e. The Bertz CT molecular complexity index is 2890. The average molecular weight is 906 g/mol. The predicted octanol–water partition coefficient (Wildman–Crippen LogP) is 9.72. The molecule has 1 saturated carbocycles. The Hall–Kier alpha value is -8.58. The van der Waals surface area contributed by atoms with Gasteiger partial charge in [0.2, 0.25) is 5.78 Å². The summed E-state index contributed by atoms with van der Waals surface area (Å²) in [5.74, 6) is -0.749. The van der Waals surface area contributed by atoms with E-state index in [1.54, 1.807) is 36.4 Å². The standard InChI is InChI=1S/C55H47N5O8/c61-53(51-45(60-57-37-56-59-60)27-16-30-48(51)65-34-39-19-7-2-8-20-39)52-49(66-35-40-21-9-3-10-22-40)31-42(32-50(52)67-36-41-23-11-4-12-24-41)55(63)68-47-29-15-26-44(47)58-54(62)43-25-13-14-28-46(43)64-33-38-17-5-1-6-18-38/h1-14,16-25,27-28,30-32,37,44,47H,15,26,29,33-36H2,(H,58,62)/t44-,47-/m1/s1. The number of ether oxygens (including phenoxy) is 5. The van der Waals surface area contributed by atoms with Gasteiger partial charge in [0.15, 0.2) is 6.33 Å². The normalized spacial score (nSPS) is 14.1. The number of tetrazole rings is 1. The number of benzene rings is 7. The average Bonchev–Trinajstić information content (AvgIpc) is 4.10. The van der Waals surface area contributed by atoms with Crippen LogP contribution in [0.25, 0.3) is 5.69 Å². The Morgan fingerprint density at radius 1 is 0.544 bits per heavy atom. The molecule has 1 aliphatic carbocycles. The molecule has 1 aliphatic rings. The molecule has 9 rings (SSSR count). The molecular weight excluding hydrogens is 859 g/mol. The van der Waals surface area contributed by atoms with Crippen molar-refractivity contribution >= 4 is 17.7 Å². The van der Waals surface area contributed by atoms with Crippen molar-refractivity contribution in [3.63, 3.8) is 0 Å². The van der Waals surface area contributed by atoms with E-state index in [0.29, 0.717) is 42.9 Å². The number of nitrogens with zero attached hydrogens (tertiary/aromatic N) is 4.